The number of nitrogens with zero attached hydrogens (tertiary/aromatic N) is 2. The van der Waals surface area contributed by atoms with Crippen LogP contribution in [0.1, 0.15) is 6.92 Å². The van der Waals surface area contributed by atoms with Crippen molar-refractivity contribution < 1.29 is 27.4 Å². The van der Waals surface area contributed by atoms with Crippen LogP contribution in [0.2, 0.25) is 5.02 Å². The summed E-state index contributed by atoms with van der Waals surface area (Å²) < 4.78 is 44.4. The Morgan fingerprint density at radius 3 is 2.56 bits per heavy atom. The topological polar surface area (TPSA) is 98.5 Å². The summed E-state index contributed by atoms with van der Waals surface area (Å²) in [5, 5.41) is 12.7. The highest BCUT2D eigenvalue weighted by molar-refractivity contribution is 9.10. The molecule has 0 amide bonds. The maximum Gasteiger partial charge on any atom is 0.344 e. The van der Waals surface area contributed by atoms with E-state index in [1.165, 1.54) is 20.0 Å². The number of aliphatic carboxylic acids is 1. The van der Waals surface area contributed by atoms with Crippen LogP contribution >= 0.6 is 27.5 Å². The zero-order chi connectivity index (χ0) is 19.1. The van der Waals surface area contributed by atoms with Crippen LogP contribution < -0.4 is 4.74 Å². The molecule has 7 nitrogen and oxygen atoms in total. The molecule has 2 aromatic rings. The zero-order valence-electron chi connectivity index (χ0n) is 13.2. The average Bonchev–Trinajstić information content (AvgIpc) is 2.76. The lowest BCUT2D eigenvalue weighted by Gasteiger charge is -2.13. The molecule has 136 valence electrons. The maximum atomic E-state index is 14.4. The minimum atomic E-state index is -3.62. The summed E-state index contributed by atoms with van der Waals surface area (Å²) in [5.74, 6) is -2.05. The SMILES string of the molecule is CC(Oc1cc(-c2nn(C)c(S(C)(=O)=O)c2Br)c(F)cc1Cl)C(=O)O. The molecule has 1 heterocycles. The number of sulfone groups is 1. The number of carbonyl (C=O) groups is 1. The van der Waals surface area contributed by atoms with Crippen LogP contribution in [-0.4, -0.2) is 41.6 Å². The fraction of sp³-hybridized carbons (Fsp3) is 0.286. The summed E-state index contributed by atoms with van der Waals surface area (Å²) in [6.07, 6.45) is -0.214. The van der Waals surface area contributed by atoms with E-state index in [1.807, 2.05) is 0 Å². The Kier molecular flexibility index (Phi) is 5.45. The predicted octanol–water partition coefficient (Wildman–Crippen LogP) is 2.90. The van der Waals surface area contributed by atoms with Gasteiger partial charge in [0.05, 0.1) is 9.50 Å². The Hall–Kier alpha value is -1.65. The van der Waals surface area contributed by atoms with Crippen molar-refractivity contribution >= 4 is 43.3 Å². The highest BCUT2D eigenvalue weighted by atomic mass is 79.9. The molecule has 1 aromatic heterocycles. The molecule has 0 aliphatic heterocycles. The third kappa shape index (κ3) is 3.96. The number of hydrogen-bond acceptors (Lipinski definition) is 5. The number of hydrogen-bond donors (Lipinski definition) is 1. The highest BCUT2D eigenvalue weighted by Crippen LogP contribution is 2.38. The van der Waals surface area contributed by atoms with E-state index in [-0.39, 0.29) is 31.5 Å². The predicted molar refractivity (Wildman–Crippen MR) is 92.1 cm³/mol. The lowest BCUT2D eigenvalue weighted by atomic mass is 10.1. The van der Waals surface area contributed by atoms with Crippen molar-refractivity contribution in [1.29, 1.82) is 0 Å². The minimum absolute atomic E-state index is 0.0184. The lowest BCUT2D eigenvalue weighted by Crippen LogP contribution is -2.23. The number of halogens is 3. The lowest BCUT2D eigenvalue weighted by molar-refractivity contribution is -0.144. The van der Waals surface area contributed by atoms with Gasteiger partial charge in [0, 0.05) is 18.9 Å². The first-order valence-electron chi connectivity index (χ1n) is 6.75. The average molecular weight is 456 g/mol. The van der Waals surface area contributed by atoms with E-state index in [0.717, 1.165) is 17.0 Å². The van der Waals surface area contributed by atoms with Gasteiger partial charge >= 0.3 is 5.97 Å². The second-order valence-electron chi connectivity index (χ2n) is 5.22. The van der Waals surface area contributed by atoms with Crippen molar-refractivity contribution in [3.05, 3.63) is 27.4 Å². The molecular weight excluding hydrogens is 443 g/mol. The van der Waals surface area contributed by atoms with Crippen molar-refractivity contribution in [2.45, 2.75) is 18.1 Å². The van der Waals surface area contributed by atoms with E-state index in [2.05, 4.69) is 21.0 Å². The van der Waals surface area contributed by atoms with Gasteiger partial charge in [-0.05, 0) is 35.0 Å². The molecule has 0 fully saturated rings. The molecule has 0 aliphatic carbocycles. The molecule has 1 aromatic carbocycles. The first-order chi connectivity index (χ1) is 11.4. The van der Waals surface area contributed by atoms with Gasteiger partial charge in [-0.2, -0.15) is 5.10 Å². The van der Waals surface area contributed by atoms with E-state index >= 15 is 0 Å². The molecule has 25 heavy (non-hydrogen) atoms. The third-order valence-electron chi connectivity index (χ3n) is 3.22. The van der Waals surface area contributed by atoms with Gasteiger partial charge in [-0.1, -0.05) is 11.6 Å². The molecular formula is C14H13BrClFN2O5S. The zero-order valence-corrected chi connectivity index (χ0v) is 16.4. The van der Waals surface area contributed by atoms with Crippen molar-refractivity contribution in [3.63, 3.8) is 0 Å². The van der Waals surface area contributed by atoms with Gasteiger partial charge < -0.3 is 9.84 Å². The van der Waals surface area contributed by atoms with Crippen molar-refractivity contribution in [2.75, 3.05) is 6.26 Å². The van der Waals surface area contributed by atoms with Crippen LogP contribution in [0, 0.1) is 5.82 Å². The van der Waals surface area contributed by atoms with E-state index in [4.69, 9.17) is 21.4 Å². The van der Waals surface area contributed by atoms with Gasteiger partial charge in [-0.25, -0.2) is 17.6 Å². The Morgan fingerprint density at radius 2 is 2.08 bits per heavy atom. The molecule has 0 radical (unpaired) electrons. The van der Waals surface area contributed by atoms with Crippen molar-refractivity contribution in [1.82, 2.24) is 9.78 Å². The standard InChI is InChI=1S/C14H13BrClFN2O5S/c1-6(14(20)21)24-10-4-7(9(17)5-8(10)16)12-11(15)13(19(2)18-12)25(3,22)23/h4-6H,1-3H3,(H,20,21). The second-order valence-corrected chi connectivity index (χ2v) is 8.36. The van der Waals surface area contributed by atoms with Crippen LogP contribution in [0.5, 0.6) is 5.75 Å². The summed E-state index contributed by atoms with van der Waals surface area (Å²) >= 11 is 9.02. The molecule has 0 spiro atoms. The second kappa shape index (κ2) is 6.93. The van der Waals surface area contributed by atoms with E-state index < -0.39 is 27.7 Å². The molecule has 0 bridgehead atoms. The Bertz CT molecular complexity index is 961. The van der Waals surface area contributed by atoms with Crippen molar-refractivity contribution in [3.8, 4) is 17.0 Å². The molecule has 11 heteroatoms. The first-order valence-corrected chi connectivity index (χ1v) is 9.81. The Labute approximate surface area is 156 Å². The normalized spacial score (nSPS) is 12.9. The quantitative estimate of drug-likeness (QED) is 0.744. The molecule has 1 N–H and O–H groups in total. The number of carboxylic acids is 1. The Balaban J connectivity index is 2.63. The van der Waals surface area contributed by atoms with Gasteiger partial charge in [-0.3, -0.25) is 4.68 Å². The summed E-state index contributed by atoms with van der Waals surface area (Å²) in [4.78, 5) is 10.9. The van der Waals surface area contributed by atoms with Crippen LogP contribution in [0.25, 0.3) is 11.3 Å². The molecule has 0 aliphatic rings. The summed E-state index contributed by atoms with van der Waals surface area (Å²) in [6, 6.07) is 2.12. The molecule has 1 unspecified atom stereocenters. The van der Waals surface area contributed by atoms with Gasteiger partial charge in [-0.15, -0.1) is 0 Å². The summed E-state index contributed by atoms with van der Waals surface area (Å²) in [7, 11) is -2.21. The maximum absolute atomic E-state index is 14.4. The van der Waals surface area contributed by atoms with Crippen LogP contribution in [0.3, 0.4) is 0 Å². The smallest absolute Gasteiger partial charge is 0.344 e. The van der Waals surface area contributed by atoms with Crippen molar-refractivity contribution in [2.24, 2.45) is 7.05 Å². The summed E-state index contributed by atoms with van der Waals surface area (Å²) in [6.45, 7) is 1.29. The molecule has 0 saturated heterocycles. The highest BCUT2D eigenvalue weighted by Gasteiger charge is 2.26. The van der Waals surface area contributed by atoms with Gasteiger partial charge in [0.1, 0.15) is 17.3 Å². The third-order valence-corrected chi connectivity index (χ3v) is 5.70. The Morgan fingerprint density at radius 1 is 1.48 bits per heavy atom. The monoisotopic (exact) mass is 454 g/mol. The fourth-order valence-corrected chi connectivity index (χ4v) is 4.67. The molecule has 1 atom stereocenters. The van der Waals surface area contributed by atoms with E-state index in [0.29, 0.717) is 0 Å². The van der Waals surface area contributed by atoms with Crippen LogP contribution in [0.4, 0.5) is 4.39 Å². The molecule has 0 saturated carbocycles. The number of aryl methyl sites for hydroxylation is 1. The van der Waals surface area contributed by atoms with E-state index in [1.54, 1.807) is 0 Å². The largest absolute Gasteiger partial charge is 0.479 e. The number of ether oxygens (including phenoxy) is 1. The fourth-order valence-electron chi connectivity index (χ4n) is 2.10. The number of carboxylic acid groups (broad SMARTS) is 1. The van der Waals surface area contributed by atoms with Gasteiger partial charge in [0.25, 0.3) is 0 Å². The summed E-state index contributed by atoms with van der Waals surface area (Å²) in [5.41, 5.74) is -0.0701. The van der Waals surface area contributed by atoms with E-state index in [9.17, 15) is 17.6 Å². The number of aromatic nitrogens is 2. The van der Waals surface area contributed by atoms with Crippen LogP contribution in [0.15, 0.2) is 21.6 Å². The first kappa shape index (κ1) is 19.7. The van der Waals surface area contributed by atoms with Gasteiger partial charge in [0.15, 0.2) is 21.0 Å². The number of benzene rings is 1. The van der Waals surface area contributed by atoms with Crippen LogP contribution in [-0.2, 0) is 21.7 Å². The van der Waals surface area contributed by atoms with Gasteiger partial charge in [0.2, 0.25) is 0 Å². The molecule has 2 rings (SSSR count). The number of rotatable bonds is 5. The minimum Gasteiger partial charge on any atom is -0.479 e.